The number of hydrogen-bond acceptors (Lipinski definition) is 4. The molecule has 1 aliphatic rings. The van der Waals surface area contributed by atoms with Crippen LogP contribution in [0.15, 0.2) is 46.8 Å². The van der Waals surface area contributed by atoms with Gasteiger partial charge < -0.3 is 14.2 Å². The molecule has 0 fully saturated rings. The predicted molar refractivity (Wildman–Crippen MR) is 120 cm³/mol. The Morgan fingerprint density at radius 1 is 0.966 bits per heavy atom. The fourth-order valence-corrected chi connectivity index (χ4v) is 3.92. The molecule has 0 bridgehead atoms. The van der Waals surface area contributed by atoms with Gasteiger partial charge in [0, 0.05) is 32.1 Å². The third-order valence-corrected chi connectivity index (χ3v) is 5.85. The number of carbonyl (C=O) groups excluding carboxylic acids is 1. The van der Waals surface area contributed by atoms with Gasteiger partial charge in [-0.25, -0.2) is 0 Å². The largest absolute Gasteiger partial charge is 0.495 e. The number of rotatable bonds is 11. The molecule has 0 aliphatic heterocycles. The van der Waals surface area contributed by atoms with Crippen LogP contribution in [0.5, 0.6) is 0 Å². The summed E-state index contributed by atoms with van der Waals surface area (Å²) in [5.41, 5.74) is 4.12. The van der Waals surface area contributed by atoms with Crippen molar-refractivity contribution in [2.75, 3.05) is 21.3 Å². The summed E-state index contributed by atoms with van der Waals surface area (Å²) < 4.78 is 16.7. The van der Waals surface area contributed by atoms with E-state index < -0.39 is 5.79 Å². The zero-order valence-corrected chi connectivity index (χ0v) is 19.6. The SMILES string of the molecule is COC1=CC(=O)C(C/C=C(\C)CC/C=C(\C)CCC=C(C)C)[C@@H](C)C1(OC)OC. The Morgan fingerprint density at radius 2 is 1.52 bits per heavy atom. The minimum atomic E-state index is -1.01. The number of hydrogen-bond donors (Lipinski definition) is 0. The monoisotopic (exact) mass is 404 g/mol. The van der Waals surface area contributed by atoms with Gasteiger partial charge in [0.25, 0.3) is 0 Å². The summed E-state index contributed by atoms with van der Waals surface area (Å²) in [6.45, 7) is 10.6. The van der Waals surface area contributed by atoms with Crippen LogP contribution in [0.3, 0.4) is 0 Å². The summed E-state index contributed by atoms with van der Waals surface area (Å²) in [6.07, 6.45) is 13.3. The van der Waals surface area contributed by atoms with Crippen molar-refractivity contribution in [3.63, 3.8) is 0 Å². The van der Waals surface area contributed by atoms with Crippen LogP contribution >= 0.6 is 0 Å². The first-order valence-corrected chi connectivity index (χ1v) is 10.6. The Labute approximate surface area is 177 Å². The first kappa shape index (κ1) is 25.4. The molecule has 0 aromatic heterocycles. The summed E-state index contributed by atoms with van der Waals surface area (Å²) in [7, 11) is 4.72. The van der Waals surface area contributed by atoms with Gasteiger partial charge in [-0.2, -0.15) is 0 Å². The molecule has 0 saturated carbocycles. The van der Waals surface area contributed by atoms with Crippen molar-refractivity contribution >= 4 is 5.78 Å². The second-order valence-corrected chi connectivity index (χ2v) is 8.28. The molecule has 1 unspecified atom stereocenters. The van der Waals surface area contributed by atoms with Crippen LogP contribution in [0.2, 0.25) is 0 Å². The second-order valence-electron chi connectivity index (χ2n) is 8.28. The van der Waals surface area contributed by atoms with E-state index in [4.69, 9.17) is 14.2 Å². The summed E-state index contributed by atoms with van der Waals surface area (Å²) in [5.74, 6) is -0.847. The van der Waals surface area contributed by atoms with E-state index in [1.165, 1.54) is 29.9 Å². The van der Waals surface area contributed by atoms with E-state index in [0.29, 0.717) is 12.2 Å². The topological polar surface area (TPSA) is 44.8 Å². The lowest BCUT2D eigenvalue weighted by Crippen LogP contribution is -2.51. The molecule has 2 atom stereocenters. The van der Waals surface area contributed by atoms with Gasteiger partial charge in [0.15, 0.2) is 11.5 Å². The number of ketones is 1. The molecular weight excluding hydrogens is 364 g/mol. The van der Waals surface area contributed by atoms with Gasteiger partial charge in [0.05, 0.1) is 7.11 Å². The van der Waals surface area contributed by atoms with Crippen LogP contribution in [-0.4, -0.2) is 32.9 Å². The molecule has 29 heavy (non-hydrogen) atoms. The molecule has 0 amide bonds. The lowest BCUT2D eigenvalue weighted by molar-refractivity contribution is -0.241. The van der Waals surface area contributed by atoms with Crippen molar-refractivity contribution in [3.05, 3.63) is 46.8 Å². The van der Waals surface area contributed by atoms with Gasteiger partial charge in [-0.05, 0) is 59.8 Å². The fourth-order valence-electron chi connectivity index (χ4n) is 3.92. The zero-order chi connectivity index (χ0) is 22.0. The lowest BCUT2D eigenvalue weighted by atomic mass is 9.76. The maximum absolute atomic E-state index is 12.6. The first-order chi connectivity index (χ1) is 13.7. The Kier molecular flexibility index (Phi) is 10.6. The fraction of sp³-hybridized carbons (Fsp3) is 0.640. The van der Waals surface area contributed by atoms with Crippen molar-refractivity contribution in [1.82, 2.24) is 0 Å². The predicted octanol–water partition coefficient (Wildman–Crippen LogP) is 6.15. The van der Waals surface area contributed by atoms with Gasteiger partial charge >= 0.3 is 0 Å². The van der Waals surface area contributed by atoms with Gasteiger partial charge in [-0.3, -0.25) is 4.79 Å². The standard InChI is InChI=1S/C25H40O4/c1-18(2)11-9-12-19(3)13-10-14-20(4)15-16-22-21(5)25(28-7,29-8)24(27-6)17-23(22)26/h11,13,15,17,21-22H,9-10,12,14,16H2,1-8H3/b19-13+,20-15+/t21-,22?/m1/s1. The van der Waals surface area contributed by atoms with Crippen LogP contribution < -0.4 is 0 Å². The molecule has 164 valence electrons. The highest BCUT2D eigenvalue weighted by molar-refractivity contribution is 5.94. The highest BCUT2D eigenvalue weighted by Gasteiger charge is 2.50. The van der Waals surface area contributed by atoms with E-state index in [0.717, 1.165) is 25.7 Å². The van der Waals surface area contributed by atoms with E-state index >= 15 is 0 Å². The van der Waals surface area contributed by atoms with E-state index in [-0.39, 0.29) is 17.6 Å². The smallest absolute Gasteiger partial charge is 0.230 e. The molecule has 4 nitrogen and oxygen atoms in total. The van der Waals surface area contributed by atoms with Crippen LogP contribution in [0.25, 0.3) is 0 Å². The zero-order valence-electron chi connectivity index (χ0n) is 19.6. The molecule has 1 aliphatic carbocycles. The summed E-state index contributed by atoms with van der Waals surface area (Å²) in [6, 6.07) is 0. The molecular formula is C25H40O4. The number of methoxy groups -OCH3 is 3. The molecule has 0 heterocycles. The molecule has 0 radical (unpaired) electrons. The maximum Gasteiger partial charge on any atom is 0.230 e. The molecule has 0 aromatic rings. The van der Waals surface area contributed by atoms with Crippen LogP contribution in [0, 0.1) is 11.8 Å². The Balaban J connectivity index is 2.70. The molecule has 0 spiro atoms. The van der Waals surface area contributed by atoms with Crippen molar-refractivity contribution in [1.29, 1.82) is 0 Å². The van der Waals surface area contributed by atoms with Crippen molar-refractivity contribution in [2.45, 2.75) is 72.5 Å². The normalized spacial score (nSPS) is 22.3. The highest BCUT2D eigenvalue weighted by atomic mass is 16.7. The summed E-state index contributed by atoms with van der Waals surface area (Å²) in [4.78, 5) is 12.6. The van der Waals surface area contributed by atoms with Crippen LogP contribution in [0.1, 0.15) is 66.7 Å². The number of carbonyl (C=O) groups is 1. The average Bonchev–Trinajstić information content (AvgIpc) is 2.67. The van der Waals surface area contributed by atoms with Crippen molar-refractivity contribution < 1.29 is 19.0 Å². The number of ether oxygens (including phenoxy) is 3. The maximum atomic E-state index is 12.6. The van der Waals surface area contributed by atoms with E-state index in [1.807, 2.05) is 6.92 Å². The average molecular weight is 405 g/mol. The van der Waals surface area contributed by atoms with Crippen LogP contribution in [0.4, 0.5) is 0 Å². The van der Waals surface area contributed by atoms with Gasteiger partial charge in [0.2, 0.25) is 5.79 Å². The first-order valence-electron chi connectivity index (χ1n) is 10.6. The third kappa shape index (κ3) is 6.97. The van der Waals surface area contributed by atoms with E-state index in [2.05, 4.69) is 45.9 Å². The summed E-state index contributed by atoms with van der Waals surface area (Å²) >= 11 is 0. The van der Waals surface area contributed by atoms with Gasteiger partial charge in [0.1, 0.15) is 0 Å². The molecule has 0 saturated heterocycles. The Hall–Kier alpha value is -1.65. The minimum Gasteiger partial charge on any atom is -0.495 e. The van der Waals surface area contributed by atoms with Gasteiger partial charge in [-0.1, -0.05) is 41.9 Å². The van der Waals surface area contributed by atoms with E-state index in [1.54, 1.807) is 14.2 Å². The second kappa shape index (κ2) is 12.1. The number of allylic oxidation sites excluding steroid dienone is 7. The van der Waals surface area contributed by atoms with Crippen molar-refractivity contribution in [3.8, 4) is 0 Å². The molecule has 0 aromatic carbocycles. The quantitative estimate of drug-likeness (QED) is 0.306. The molecule has 4 heteroatoms. The minimum absolute atomic E-state index is 0.0677. The molecule has 0 N–H and O–H groups in total. The van der Waals surface area contributed by atoms with E-state index in [9.17, 15) is 4.79 Å². The summed E-state index contributed by atoms with van der Waals surface area (Å²) in [5, 5.41) is 0. The van der Waals surface area contributed by atoms with Crippen molar-refractivity contribution in [2.24, 2.45) is 11.8 Å². The molecule has 1 rings (SSSR count). The highest BCUT2D eigenvalue weighted by Crippen LogP contribution is 2.41. The Bertz CT molecular complexity index is 658. The van der Waals surface area contributed by atoms with Crippen LogP contribution in [-0.2, 0) is 19.0 Å². The van der Waals surface area contributed by atoms with Gasteiger partial charge in [-0.15, -0.1) is 0 Å². The third-order valence-electron chi connectivity index (χ3n) is 5.85. The lowest BCUT2D eigenvalue weighted by Gasteiger charge is -2.42. The Morgan fingerprint density at radius 3 is 2.03 bits per heavy atom.